The number of aromatic nitrogens is 1. The van der Waals surface area contributed by atoms with Crippen molar-refractivity contribution in [1.82, 2.24) is 15.2 Å². The van der Waals surface area contributed by atoms with Crippen LogP contribution in [-0.4, -0.2) is 48.4 Å². The van der Waals surface area contributed by atoms with Gasteiger partial charge in [0, 0.05) is 49.6 Å². The first-order valence-electron chi connectivity index (χ1n) is 8.36. The molecule has 24 heavy (non-hydrogen) atoms. The highest BCUT2D eigenvalue weighted by Crippen LogP contribution is 2.23. The van der Waals surface area contributed by atoms with Gasteiger partial charge in [0.1, 0.15) is 5.75 Å². The van der Waals surface area contributed by atoms with Gasteiger partial charge in [-0.2, -0.15) is 0 Å². The fourth-order valence-corrected chi connectivity index (χ4v) is 3.09. The number of ether oxygens (including phenoxy) is 1. The van der Waals surface area contributed by atoms with Crippen molar-refractivity contribution in [2.45, 2.75) is 25.7 Å². The third-order valence-electron chi connectivity index (χ3n) is 4.47. The molecule has 2 heterocycles. The number of fused-ring (bicyclic) bond motifs is 1. The maximum absolute atomic E-state index is 11.9. The topological polar surface area (TPSA) is 74.4 Å². The highest BCUT2D eigenvalue weighted by molar-refractivity contribution is 5.85. The lowest BCUT2D eigenvalue weighted by atomic mass is 10.1. The smallest absolute Gasteiger partial charge is 0.222 e. The van der Waals surface area contributed by atoms with Crippen molar-refractivity contribution in [2.75, 3.05) is 26.7 Å². The number of hydrogen-bond donors (Lipinski definition) is 2. The van der Waals surface area contributed by atoms with Crippen LogP contribution in [0.2, 0.25) is 0 Å². The minimum absolute atomic E-state index is 0.00729. The zero-order valence-corrected chi connectivity index (χ0v) is 13.9. The molecule has 0 spiro atoms. The second-order valence-corrected chi connectivity index (χ2v) is 6.06. The van der Waals surface area contributed by atoms with E-state index in [1.165, 1.54) is 0 Å². The third kappa shape index (κ3) is 3.69. The van der Waals surface area contributed by atoms with Gasteiger partial charge in [0.05, 0.1) is 7.11 Å². The molecule has 0 unspecified atom stereocenters. The molecule has 0 radical (unpaired) electrons. The lowest BCUT2D eigenvalue weighted by Crippen LogP contribution is -2.32. The van der Waals surface area contributed by atoms with Crippen LogP contribution in [0.1, 0.15) is 24.8 Å². The Bertz CT molecular complexity index is 738. The fourth-order valence-electron chi connectivity index (χ4n) is 3.09. The van der Waals surface area contributed by atoms with Crippen molar-refractivity contribution in [3.63, 3.8) is 0 Å². The van der Waals surface area contributed by atoms with Crippen molar-refractivity contribution >= 4 is 22.7 Å². The molecule has 1 aromatic heterocycles. The van der Waals surface area contributed by atoms with Crippen LogP contribution in [0.25, 0.3) is 10.9 Å². The summed E-state index contributed by atoms with van der Waals surface area (Å²) in [6.07, 6.45) is 4.62. The van der Waals surface area contributed by atoms with Gasteiger partial charge in [-0.05, 0) is 36.6 Å². The predicted octanol–water partition coefficient (Wildman–Crippen LogP) is 1.85. The van der Waals surface area contributed by atoms with Crippen LogP contribution in [0.4, 0.5) is 0 Å². The van der Waals surface area contributed by atoms with E-state index in [9.17, 15) is 9.59 Å². The maximum atomic E-state index is 11.9. The van der Waals surface area contributed by atoms with Gasteiger partial charge in [-0.25, -0.2) is 0 Å². The first-order valence-corrected chi connectivity index (χ1v) is 8.36. The summed E-state index contributed by atoms with van der Waals surface area (Å²) < 4.78 is 5.26. The van der Waals surface area contributed by atoms with Crippen LogP contribution >= 0.6 is 0 Å². The van der Waals surface area contributed by atoms with E-state index in [0.29, 0.717) is 25.9 Å². The number of rotatable bonds is 7. The average Bonchev–Trinajstić information content (AvgIpc) is 3.18. The summed E-state index contributed by atoms with van der Waals surface area (Å²) in [6, 6.07) is 5.91. The number of carbonyl (C=O) groups excluding carboxylic acids is 2. The van der Waals surface area contributed by atoms with Gasteiger partial charge < -0.3 is 19.9 Å². The number of likely N-dealkylation sites (tertiary alicyclic amines) is 1. The second-order valence-electron chi connectivity index (χ2n) is 6.06. The van der Waals surface area contributed by atoms with Crippen LogP contribution in [0.3, 0.4) is 0 Å². The highest BCUT2D eigenvalue weighted by Gasteiger charge is 2.20. The Morgan fingerprint density at radius 2 is 2.29 bits per heavy atom. The quantitative estimate of drug-likeness (QED) is 0.814. The van der Waals surface area contributed by atoms with Gasteiger partial charge in [0.25, 0.3) is 0 Å². The number of aromatic amines is 1. The molecule has 6 heteroatoms. The molecule has 0 aliphatic carbocycles. The van der Waals surface area contributed by atoms with Gasteiger partial charge in [0.2, 0.25) is 11.8 Å². The lowest BCUT2D eigenvalue weighted by molar-refractivity contribution is -0.128. The number of carbonyl (C=O) groups is 2. The molecule has 2 N–H and O–H groups in total. The van der Waals surface area contributed by atoms with Gasteiger partial charge in [0.15, 0.2) is 0 Å². The second kappa shape index (κ2) is 7.38. The van der Waals surface area contributed by atoms with E-state index < -0.39 is 0 Å². The summed E-state index contributed by atoms with van der Waals surface area (Å²) >= 11 is 0. The normalized spacial score (nSPS) is 14.4. The highest BCUT2D eigenvalue weighted by atomic mass is 16.5. The Labute approximate surface area is 141 Å². The molecule has 128 valence electrons. The van der Waals surface area contributed by atoms with Crippen LogP contribution in [0, 0.1) is 0 Å². The van der Waals surface area contributed by atoms with E-state index in [4.69, 9.17) is 4.74 Å². The van der Waals surface area contributed by atoms with Crippen molar-refractivity contribution in [3.05, 3.63) is 30.0 Å². The summed E-state index contributed by atoms with van der Waals surface area (Å²) in [4.78, 5) is 28.4. The number of nitrogens with zero attached hydrogens (tertiary/aromatic N) is 1. The Morgan fingerprint density at radius 3 is 3.04 bits per heavy atom. The Morgan fingerprint density at radius 1 is 1.42 bits per heavy atom. The molecular weight excluding hydrogens is 306 g/mol. The molecule has 2 amide bonds. The zero-order chi connectivity index (χ0) is 16.9. The molecule has 0 bridgehead atoms. The minimum Gasteiger partial charge on any atom is -0.497 e. The number of methoxy groups -OCH3 is 1. The number of amides is 2. The zero-order valence-electron chi connectivity index (χ0n) is 13.9. The van der Waals surface area contributed by atoms with Crippen LogP contribution in [-0.2, 0) is 16.0 Å². The van der Waals surface area contributed by atoms with Gasteiger partial charge >= 0.3 is 0 Å². The molecular formula is C18H23N3O3. The number of nitrogens with one attached hydrogen (secondary N) is 2. The lowest BCUT2D eigenvalue weighted by Gasteiger charge is -2.14. The average molecular weight is 329 g/mol. The standard InChI is InChI=1S/C18H23N3O3/c1-24-14-4-5-16-15(11-14)13(12-20-16)6-8-19-17(22)7-10-21-9-2-3-18(21)23/h4-5,11-12,20H,2-3,6-10H2,1H3,(H,19,22). The molecule has 0 atom stereocenters. The monoisotopic (exact) mass is 329 g/mol. The van der Waals surface area contributed by atoms with Crippen molar-refractivity contribution in [3.8, 4) is 5.75 Å². The summed E-state index contributed by atoms with van der Waals surface area (Å²) in [5, 5.41) is 4.05. The number of H-pyrrole nitrogens is 1. The molecule has 3 rings (SSSR count). The summed E-state index contributed by atoms with van der Waals surface area (Å²) in [6.45, 7) is 1.88. The Hall–Kier alpha value is -2.50. The van der Waals surface area contributed by atoms with Gasteiger partial charge in [-0.15, -0.1) is 0 Å². The van der Waals surface area contributed by atoms with E-state index in [2.05, 4.69) is 10.3 Å². The molecule has 1 aliphatic heterocycles. The number of hydrogen-bond acceptors (Lipinski definition) is 3. The van der Waals surface area contributed by atoms with Crippen molar-refractivity contribution in [1.29, 1.82) is 0 Å². The van der Waals surface area contributed by atoms with Gasteiger partial charge in [-0.1, -0.05) is 0 Å². The summed E-state index contributed by atoms with van der Waals surface area (Å²) in [5.41, 5.74) is 2.21. The first kappa shape index (κ1) is 16.4. The van der Waals surface area contributed by atoms with E-state index in [-0.39, 0.29) is 11.8 Å². The molecule has 1 aromatic carbocycles. The maximum Gasteiger partial charge on any atom is 0.222 e. The van der Waals surface area contributed by atoms with Gasteiger partial charge in [-0.3, -0.25) is 9.59 Å². The minimum atomic E-state index is -0.00729. The summed E-state index contributed by atoms with van der Waals surface area (Å²) in [7, 11) is 1.65. The van der Waals surface area contributed by atoms with Crippen LogP contribution < -0.4 is 10.1 Å². The Kier molecular flexibility index (Phi) is 5.03. The van der Waals surface area contributed by atoms with E-state index in [1.54, 1.807) is 12.0 Å². The van der Waals surface area contributed by atoms with Crippen molar-refractivity contribution < 1.29 is 14.3 Å². The van der Waals surface area contributed by atoms with Crippen LogP contribution in [0.15, 0.2) is 24.4 Å². The fraction of sp³-hybridized carbons (Fsp3) is 0.444. The largest absolute Gasteiger partial charge is 0.497 e. The molecule has 1 saturated heterocycles. The van der Waals surface area contributed by atoms with Crippen LogP contribution in [0.5, 0.6) is 5.75 Å². The predicted molar refractivity (Wildman–Crippen MR) is 92.0 cm³/mol. The summed E-state index contributed by atoms with van der Waals surface area (Å²) in [5.74, 6) is 0.977. The number of benzene rings is 1. The van der Waals surface area contributed by atoms with E-state index in [1.807, 2.05) is 24.4 Å². The molecule has 1 aliphatic rings. The van der Waals surface area contributed by atoms with Crippen molar-refractivity contribution in [2.24, 2.45) is 0 Å². The third-order valence-corrected chi connectivity index (χ3v) is 4.47. The van der Waals surface area contributed by atoms with E-state index >= 15 is 0 Å². The van der Waals surface area contributed by atoms with E-state index in [0.717, 1.165) is 41.6 Å². The molecule has 6 nitrogen and oxygen atoms in total. The Balaban J connectivity index is 1.47. The molecule has 1 fully saturated rings. The molecule has 2 aromatic rings. The SMILES string of the molecule is COc1ccc2[nH]cc(CCNC(=O)CCN3CCCC3=O)c2c1. The molecule has 0 saturated carbocycles. The first-order chi connectivity index (χ1) is 11.7.